The van der Waals surface area contributed by atoms with E-state index in [0.29, 0.717) is 30.7 Å². The molecule has 0 unspecified atom stereocenters. The Bertz CT molecular complexity index is 474. The standard InChI is InChI=1S/C20H30O4/c1-2-3-4-9-14-23-15-17-16(18-12-13-19(17)24-18)10-7-5-6-8-11-20(21)22/h7,10,16-19H,2-3,5-6,8,11-15H2,1H3,(H,21,22)/t16-,17-,18+,19-/m0/s1. The molecule has 0 saturated carbocycles. The van der Waals surface area contributed by atoms with Crippen LogP contribution in [0.3, 0.4) is 0 Å². The lowest BCUT2D eigenvalue weighted by molar-refractivity contribution is -0.137. The molecule has 4 heteroatoms. The number of hydrogen-bond acceptors (Lipinski definition) is 3. The first-order valence-electron chi connectivity index (χ1n) is 9.29. The molecule has 2 bridgehead atoms. The summed E-state index contributed by atoms with van der Waals surface area (Å²) in [5, 5.41) is 8.64. The van der Waals surface area contributed by atoms with Crippen LogP contribution in [0.5, 0.6) is 0 Å². The summed E-state index contributed by atoms with van der Waals surface area (Å²) in [6.45, 7) is 3.36. The summed E-state index contributed by atoms with van der Waals surface area (Å²) in [6.07, 6.45) is 12.3. The maximum Gasteiger partial charge on any atom is 0.303 e. The van der Waals surface area contributed by atoms with Crippen molar-refractivity contribution in [2.45, 2.75) is 70.5 Å². The minimum Gasteiger partial charge on any atom is -0.481 e. The Balaban J connectivity index is 1.71. The third kappa shape index (κ3) is 5.96. The fourth-order valence-electron chi connectivity index (χ4n) is 3.60. The van der Waals surface area contributed by atoms with E-state index in [0.717, 1.165) is 51.6 Å². The highest BCUT2D eigenvalue weighted by Gasteiger charge is 2.47. The second kappa shape index (κ2) is 10.5. The predicted molar refractivity (Wildman–Crippen MR) is 93.6 cm³/mol. The summed E-state index contributed by atoms with van der Waals surface area (Å²) in [5.74, 6) is 6.34. The third-order valence-corrected chi connectivity index (χ3v) is 4.84. The second-order valence-corrected chi connectivity index (χ2v) is 6.72. The summed E-state index contributed by atoms with van der Waals surface area (Å²) in [6, 6.07) is 0. The molecule has 0 radical (unpaired) electrons. The fraction of sp³-hybridized carbons (Fsp3) is 0.750. The smallest absolute Gasteiger partial charge is 0.303 e. The van der Waals surface area contributed by atoms with Gasteiger partial charge in [-0.1, -0.05) is 25.0 Å². The first-order chi connectivity index (χ1) is 11.7. The van der Waals surface area contributed by atoms with E-state index in [1.807, 2.05) is 0 Å². The first kappa shape index (κ1) is 19.0. The summed E-state index contributed by atoms with van der Waals surface area (Å²) in [7, 11) is 0. The zero-order valence-corrected chi connectivity index (χ0v) is 14.7. The molecule has 0 aromatic rings. The van der Waals surface area contributed by atoms with Crippen molar-refractivity contribution in [1.82, 2.24) is 0 Å². The Hall–Kier alpha value is -1.31. The number of carboxylic acid groups (broad SMARTS) is 1. The maximum atomic E-state index is 10.5. The molecule has 0 aliphatic carbocycles. The summed E-state index contributed by atoms with van der Waals surface area (Å²) in [5.41, 5.74) is 0. The quantitative estimate of drug-likeness (QED) is 0.375. The van der Waals surface area contributed by atoms with Gasteiger partial charge >= 0.3 is 5.97 Å². The molecule has 2 fully saturated rings. The van der Waals surface area contributed by atoms with Crippen LogP contribution >= 0.6 is 0 Å². The largest absolute Gasteiger partial charge is 0.481 e. The number of carbonyl (C=O) groups is 1. The van der Waals surface area contributed by atoms with E-state index in [1.54, 1.807) is 0 Å². The van der Waals surface area contributed by atoms with Crippen molar-refractivity contribution >= 4 is 5.97 Å². The lowest BCUT2D eigenvalue weighted by Gasteiger charge is -2.25. The van der Waals surface area contributed by atoms with Gasteiger partial charge in [0.05, 0.1) is 18.8 Å². The van der Waals surface area contributed by atoms with Crippen LogP contribution in [-0.2, 0) is 14.3 Å². The minimum absolute atomic E-state index is 0.264. The first-order valence-corrected chi connectivity index (χ1v) is 9.29. The van der Waals surface area contributed by atoms with Gasteiger partial charge in [0.25, 0.3) is 0 Å². The zero-order chi connectivity index (χ0) is 17.2. The molecule has 0 amide bonds. The number of ether oxygens (including phenoxy) is 2. The fourth-order valence-corrected chi connectivity index (χ4v) is 3.60. The van der Waals surface area contributed by atoms with Crippen LogP contribution in [0, 0.1) is 23.7 Å². The molecule has 0 aromatic heterocycles. The molecule has 2 heterocycles. The minimum atomic E-state index is -0.709. The highest BCUT2D eigenvalue weighted by molar-refractivity contribution is 5.66. The molecule has 2 aliphatic rings. The number of rotatable bonds is 10. The number of aliphatic carboxylic acids is 1. The average Bonchev–Trinajstić information content (AvgIpc) is 3.15. The molecule has 134 valence electrons. The SMILES string of the molecule is CCCC#CCOC[C@H]1[C@H](C=CCCCCC(=O)O)[C@H]2CC[C@@H]1O2. The molecular formula is C20H30O4. The van der Waals surface area contributed by atoms with Crippen LogP contribution in [0.2, 0.25) is 0 Å². The molecule has 2 aliphatic heterocycles. The van der Waals surface area contributed by atoms with E-state index >= 15 is 0 Å². The number of allylic oxidation sites excluding steroid dienone is 1. The lowest BCUT2D eigenvalue weighted by Crippen LogP contribution is -2.29. The van der Waals surface area contributed by atoms with Crippen molar-refractivity contribution in [2.24, 2.45) is 11.8 Å². The highest BCUT2D eigenvalue weighted by atomic mass is 16.5. The Morgan fingerprint density at radius 1 is 1.29 bits per heavy atom. The van der Waals surface area contributed by atoms with Crippen LogP contribution < -0.4 is 0 Å². The van der Waals surface area contributed by atoms with E-state index in [1.165, 1.54) is 0 Å². The summed E-state index contributed by atoms with van der Waals surface area (Å²) < 4.78 is 11.8. The molecule has 24 heavy (non-hydrogen) atoms. The van der Waals surface area contributed by atoms with Crippen LogP contribution in [0.15, 0.2) is 12.2 Å². The Morgan fingerprint density at radius 3 is 2.92 bits per heavy atom. The number of hydrogen-bond donors (Lipinski definition) is 1. The van der Waals surface area contributed by atoms with Gasteiger partial charge in [0.1, 0.15) is 6.61 Å². The van der Waals surface area contributed by atoms with E-state index in [4.69, 9.17) is 14.6 Å². The Morgan fingerprint density at radius 2 is 2.12 bits per heavy atom. The molecule has 4 nitrogen and oxygen atoms in total. The topological polar surface area (TPSA) is 55.8 Å². The second-order valence-electron chi connectivity index (χ2n) is 6.72. The van der Waals surface area contributed by atoms with Gasteiger partial charge < -0.3 is 14.6 Å². The average molecular weight is 334 g/mol. The van der Waals surface area contributed by atoms with Crippen LogP contribution in [0.1, 0.15) is 58.3 Å². The maximum absolute atomic E-state index is 10.5. The monoisotopic (exact) mass is 334 g/mol. The molecule has 1 N–H and O–H groups in total. The van der Waals surface area contributed by atoms with Gasteiger partial charge in [0.2, 0.25) is 0 Å². The van der Waals surface area contributed by atoms with Crippen molar-refractivity contribution in [3.05, 3.63) is 12.2 Å². The highest BCUT2D eigenvalue weighted by Crippen LogP contribution is 2.44. The van der Waals surface area contributed by atoms with Gasteiger partial charge in [-0.25, -0.2) is 0 Å². The van der Waals surface area contributed by atoms with Gasteiger partial charge in [-0.2, -0.15) is 0 Å². The van der Waals surface area contributed by atoms with Gasteiger partial charge in [0, 0.05) is 24.7 Å². The van der Waals surface area contributed by atoms with Crippen LogP contribution in [0.4, 0.5) is 0 Å². The predicted octanol–water partition coefficient (Wildman–Crippen LogP) is 3.80. The molecular weight excluding hydrogens is 304 g/mol. The Kier molecular flexibility index (Phi) is 8.35. The van der Waals surface area contributed by atoms with Gasteiger partial charge in [-0.3, -0.25) is 4.79 Å². The molecule has 2 saturated heterocycles. The number of unbranched alkanes of at least 4 members (excludes halogenated alkanes) is 3. The third-order valence-electron chi connectivity index (χ3n) is 4.84. The summed E-state index contributed by atoms with van der Waals surface area (Å²) in [4.78, 5) is 10.5. The Labute approximate surface area is 145 Å². The van der Waals surface area contributed by atoms with Crippen molar-refractivity contribution in [3.8, 4) is 11.8 Å². The lowest BCUT2D eigenvalue weighted by atomic mass is 9.79. The zero-order valence-electron chi connectivity index (χ0n) is 14.7. The van der Waals surface area contributed by atoms with E-state index in [-0.39, 0.29) is 6.42 Å². The van der Waals surface area contributed by atoms with Crippen molar-refractivity contribution in [1.29, 1.82) is 0 Å². The van der Waals surface area contributed by atoms with E-state index in [9.17, 15) is 4.79 Å². The van der Waals surface area contributed by atoms with Crippen LogP contribution in [0.25, 0.3) is 0 Å². The van der Waals surface area contributed by atoms with Gasteiger partial charge in [-0.15, -0.1) is 5.92 Å². The van der Waals surface area contributed by atoms with Crippen molar-refractivity contribution < 1.29 is 19.4 Å². The molecule has 0 spiro atoms. The van der Waals surface area contributed by atoms with Crippen molar-refractivity contribution in [3.63, 3.8) is 0 Å². The van der Waals surface area contributed by atoms with Gasteiger partial charge in [0.15, 0.2) is 0 Å². The normalized spacial score (nSPS) is 28.2. The van der Waals surface area contributed by atoms with Gasteiger partial charge in [-0.05, 0) is 38.5 Å². The van der Waals surface area contributed by atoms with Crippen LogP contribution in [-0.4, -0.2) is 36.5 Å². The van der Waals surface area contributed by atoms with E-state index in [2.05, 4.69) is 30.9 Å². The van der Waals surface area contributed by atoms with Crippen molar-refractivity contribution in [2.75, 3.05) is 13.2 Å². The number of fused-ring (bicyclic) bond motifs is 2. The molecule has 4 atom stereocenters. The van der Waals surface area contributed by atoms with E-state index < -0.39 is 5.97 Å². The molecule has 0 aromatic carbocycles. The number of carboxylic acids is 1. The summed E-state index contributed by atoms with van der Waals surface area (Å²) >= 11 is 0. The molecule has 2 rings (SSSR count).